The second kappa shape index (κ2) is 5.66. The lowest BCUT2D eigenvalue weighted by Crippen LogP contribution is -2.14. The van der Waals surface area contributed by atoms with E-state index in [1.807, 2.05) is 29.0 Å². The molecule has 0 aliphatic heterocycles. The van der Waals surface area contributed by atoms with Crippen LogP contribution in [0.4, 0.5) is 5.82 Å². The zero-order chi connectivity index (χ0) is 14.9. The summed E-state index contributed by atoms with van der Waals surface area (Å²) in [4.78, 5) is 0. The van der Waals surface area contributed by atoms with Gasteiger partial charge in [-0.1, -0.05) is 0 Å². The van der Waals surface area contributed by atoms with Gasteiger partial charge in [-0.25, -0.2) is 0 Å². The molecule has 114 valence electrons. The fraction of sp³-hybridized carbons (Fsp3) is 0.400. The molecule has 1 saturated carbocycles. The first kappa shape index (κ1) is 13.7. The van der Waals surface area contributed by atoms with Crippen LogP contribution in [0.2, 0.25) is 0 Å². The van der Waals surface area contributed by atoms with E-state index in [0.717, 1.165) is 48.7 Å². The number of rotatable bonds is 4. The molecule has 1 aliphatic carbocycles. The van der Waals surface area contributed by atoms with E-state index in [2.05, 4.69) is 20.6 Å². The summed E-state index contributed by atoms with van der Waals surface area (Å²) in [6.45, 7) is 0.839. The molecular formula is C15H17N5OS. The Balaban J connectivity index is 1.56. The van der Waals surface area contributed by atoms with Crippen molar-refractivity contribution in [2.75, 3.05) is 11.9 Å². The second-order valence-corrected chi connectivity index (χ2v) is 6.52. The van der Waals surface area contributed by atoms with Gasteiger partial charge in [0.05, 0.1) is 6.10 Å². The summed E-state index contributed by atoms with van der Waals surface area (Å²) in [5, 5.41) is 30.0. The molecule has 0 radical (unpaired) electrons. The topological polar surface area (TPSA) is 75.3 Å². The fourth-order valence-electron chi connectivity index (χ4n) is 2.94. The van der Waals surface area contributed by atoms with Gasteiger partial charge in [0.25, 0.3) is 0 Å². The summed E-state index contributed by atoms with van der Waals surface area (Å²) in [6, 6.07) is 5.86. The standard InChI is InChI=1S/C15H17N5OS/c21-12-2-1-10(7-12)8-16-13-3-4-14-17-18-15(20(14)19-13)11-5-6-22-9-11/h3-6,9-10,12,21H,1-2,7-8H2,(H,16,19)/t10-,12-/m0/s1. The van der Waals surface area contributed by atoms with Crippen molar-refractivity contribution >= 4 is 22.8 Å². The van der Waals surface area contributed by atoms with E-state index in [1.54, 1.807) is 15.9 Å². The Bertz CT molecular complexity index is 769. The molecule has 3 heterocycles. The van der Waals surface area contributed by atoms with Gasteiger partial charge < -0.3 is 10.4 Å². The molecule has 0 saturated heterocycles. The zero-order valence-electron chi connectivity index (χ0n) is 12.0. The molecule has 0 bridgehead atoms. The van der Waals surface area contributed by atoms with Gasteiger partial charge in [-0.2, -0.15) is 15.9 Å². The molecule has 0 unspecified atom stereocenters. The van der Waals surface area contributed by atoms with Gasteiger partial charge >= 0.3 is 0 Å². The first-order valence-electron chi connectivity index (χ1n) is 7.46. The lowest BCUT2D eigenvalue weighted by atomic mass is 10.1. The monoisotopic (exact) mass is 315 g/mol. The highest BCUT2D eigenvalue weighted by Gasteiger charge is 2.22. The number of fused-ring (bicyclic) bond motifs is 1. The third-order valence-corrected chi connectivity index (χ3v) is 4.81. The molecular weight excluding hydrogens is 298 g/mol. The molecule has 0 spiro atoms. The Morgan fingerprint density at radius 2 is 2.23 bits per heavy atom. The van der Waals surface area contributed by atoms with Gasteiger partial charge in [0.15, 0.2) is 11.5 Å². The number of aromatic nitrogens is 4. The number of nitrogens with zero attached hydrogens (tertiary/aromatic N) is 4. The average molecular weight is 315 g/mol. The molecule has 0 aromatic carbocycles. The summed E-state index contributed by atoms with van der Waals surface area (Å²) in [5.41, 5.74) is 1.77. The van der Waals surface area contributed by atoms with Crippen LogP contribution in [0.5, 0.6) is 0 Å². The molecule has 0 amide bonds. The van der Waals surface area contributed by atoms with E-state index in [1.165, 1.54) is 0 Å². The third kappa shape index (κ3) is 2.57. The lowest BCUT2D eigenvalue weighted by molar-refractivity contribution is 0.178. The number of aliphatic hydroxyl groups excluding tert-OH is 1. The van der Waals surface area contributed by atoms with Gasteiger partial charge in [-0.05, 0) is 48.8 Å². The maximum atomic E-state index is 9.59. The van der Waals surface area contributed by atoms with Crippen molar-refractivity contribution in [3.8, 4) is 11.4 Å². The van der Waals surface area contributed by atoms with E-state index in [0.29, 0.717) is 5.92 Å². The third-order valence-electron chi connectivity index (χ3n) is 4.13. The zero-order valence-corrected chi connectivity index (χ0v) is 12.8. The number of hydrogen-bond acceptors (Lipinski definition) is 6. The van der Waals surface area contributed by atoms with Crippen LogP contribution in [0.15, 0.2) is 29.0 Å². The Kier molecular flexibility index (Phi) is 3.51. The van der Waals surface area contributed by atoms with Crippen molar-refractivity contribution in [1.82, 2.24) is 19.8 Å². The molecule has 22 heavy (non-hydrogen) atoms. The predicted molar refractivity (Wildman–Crippen MR) is 85.9 cm³/mol. The van der Waals surface area contributed by atoms with Gasteiger partial charge in [-0.3, -0.25) is 0 Å². The Hall–Kier alpha value is -1.99. The van der Waals surface area contributed by atoms with Crippen LogP contribution in [-0.2, 0) is 0 Å². The fourth-order valence-corrected chi connectivity index (χ4v) is 3.57. The van der Waals surface area contributed by atoms with E-state index >= 15 is 0 Å². The van der Waals surface area contributed by atoms with Crippen molar-refractivity contribution in [3.63, 3.8) is 0 Å². The number of nitrogens with one attached hydrogen (secondary N) is 1. The summed E-state index contributed by atoms with van der Waals surface area (Å²) in [5.74, 6) is 2.09. The van der Waals surface area contributed by atoms with Crippen LogP contribution in [0, 0.1) is 5.92 Å². The maximum absolute atomic E-state index is 9.59. The predicted octanol–water partition coefficient (Wildman–Crippen LogP) is 2.43. The number of anilines is 1. The van der Waals surface area contributed by atoms with Crippen LogP contribution in [0.25, 0.3) is 17.0 Å². The minimum Gasteiger partial charge on any atom is -0.393 e. The molecule has 3 aromatic rings. The normalized spacial score (nSPS) is 21.5. The number of hydrogen-bond donors (Lipinski definition) is 2. The minimum absolute atomic E-state index is 0.134. The molecule has 6 nitrogen and oxygen atoms in total. The first-order chi connectivity index (χ1) is 10.8. The summed E-state index contributed by atoms with van der Waals surface area (Å²) in [7, 11) is 0. The molecule has 7 heteroatoms. The van der Waals surface area contributed by atoms with E-state index in [-0.39, 0.29) is 6.10 Å². The molecule has 2 atom stereocenters. The van der Waals surface area contributed by atoms with Gasteiger partial charge in [0.2, 0.25) is 0 Å². The molecule has 1 aliphatic rings. The lowest BCUT2D eigenvalue weighted by Gasteiger charge is -2.11. The van der Waals surface area contributed by atoms with Crippen molar-refractivity contribution in [2.24, 2.45) is 5.92 Å². The van der Waals surface area contributed by atoms with Crippen LogP contribution < -0.4 is 5.32 Å². The number of aliphatic hydroxyl groups is 1. The summed E-state index contributed by atoms with van der Waals surface area (Å²) < 4.78 is 1.77. The van der Waals surface area contributed by atoms with Crippen LogP contribution >= 0.6 is 11.3 Å². The van der Waals surface area contributed by atoms with Crippen molar-refractivity contribution in [2.45, 2.75) is 25.4 Å². The highest BCUT2D eigenvalue weighted by atomic mass is 32.1. The molecule has 4 rings (SSSR count). The van der Waals surface area contributed by atoms with Crippen LogP contribution in [-0.4, -0.2) is 37.6 Å². The van der Waals surface area contributed by atoms with E-state index in [9.17, 15) is 5.11 Å². The van der Waals surface area contributed by atoms with Crippen molar-refractivity contribution < 1.29 is 5.11 Å². The average Bonchev–Trinajstić information content (AvgIpc) is 3.24. The molecule has 2 N–H and O–H groups in total. The smallest absolute Gasteiger partial charge is 0.186 e. The summed E-state index contributed by atoms with van der Waals surface area (Å²) in [6.07, 6.45) is 2.72. The maximum Gasteiger partial charge on any atom is 0.186 e. The van der Waals surface area contributed by atoms with E-state index < -0.39 is 0 Å². The first-order valence-corrected chi connectivity index (χ1v) is 8.41. The van der Waals surface area contributed by atoms with Gasteiger partial charge in [-0.15, -0.1) is 15.3 Å². The van der Waals surface area contributed by atoms with Crippen LogP contribution in [0.1, 0.15) is 19.3 Å². The quantitative estimate of drug-likeness (QED) is 0.773. The van der Waals surface area contributed by atoms with Crippen molar-refractivity contribution in [1.29, 1.82) is 0 Å². The molecule has 3 aromatic heterocycles. The summed E-state index contributed by atoms with van der Waals surface area (Å²) >= 11 is 1.63. The highest BCUT2D eigenvalue weighted by molar-refractivity contribution is 7.08. The van der Waals surface area contributed by atoms with Crippen LogP contribution in [0.3, 0.4) is 0 Å². The minimum atomic E-state index is -0.134. The van der Waals surface area contributed by atoms with Gasteiger partial charge in [0.1, 0.15) is 5.82 Å². The van der Waals surface area contributed by atoms with Crippen molar-refractivity contribution in [3.05, 3.63) is 29.0 Å². The number of thiophene rings is 1. The Morgan fingerprint density at radius 1 is 1.27 bits per heavy atom. The SMILES string of the molecule is O[C@H]1CC[C@H](CNc2ccc3nnc(-c4ccsc4)n3n2)C1. The highest BCUT2D eigenvalue weighted by Crippen LogP contribution is 2.26. The van der Waals surface area contributed by atoms with E-state index in [4.69, 9.17) is 0 Å². The molecule has 1 fully saturated rings. The second-order valence-electron chi connectivity index (χ2n) is 5.74. The largest absolute Gasteiger partial charge is 0.393 e. The Labute approximate surface area is 131 Å². The Morgan fingerprint density at radius 3 is 3.00 bits per heavy atom. The van der Waals surface area contributed by atoms with Gasteiger partial charge in [0, 0.05) is 17.5 Å².